The summed E-state index contributed by atoms with van der Waals surface area (Å²) in [6.07, 6.45) is 2.01. The Balaban J connectivity index is 0.00000544. The smallest absolute Gasteiger partial charge is 0.243 e. The van der Waals surface area contributed by atoms with Gasteiger partial charge in [-0.1, -0.05) is 30.3 Å². The van der Waals surface area contributed by atoms with Gasteiger partial charge in [0, 0.05) is 52.9 Å². The molecule has 8 nitrogen and oxygen atoms in total. The van der Waals surface area contributed by atoms with E-state index in [0.717, 1.165) is 65.3 Å². The molecular weight excluding hydrogens is 531 g/mol. The topological polar surface area (TPSA) is 72.4 Å². The Kier molecular flexibility index (Phi) is 15.3. The lowest BCUT2D eigenvalue weighted by molar-refractivity contribution is -0.127. The first-order valence-corrected chi connectivity index (χ1v) is 11.7. The molecule has 2 rings (SSSR count). The van der Waals surface area contributed by atoms with Crippen molar-refractivity contribution in [3.8, 4) is 0 Å². The van der Waals surface area contributed by atoms with Gasteiger partial charge in [-0.3, -0.25) is 14.6 Å². The minimum absolute atomic E-state index is 0. The lowest BCUT2D eigenvalue weighted by Gasteiger charge is -2.26. The number of guanidine groups is 1. The summed E-state index contributed by atoms with van der Waals surface area (Å²) in [4.78, 5) is 22.8. The van der Waals surface area contributed by atoms with Gasteiger partial charge in [-0.05, 0) is 38.9 Å². The number of likely N-dealkylation sites (N-methyl/N-ethyl adjacent to an activating group) is 1. The Morgan fingerprint density at radius 3 is 2.45 bits per heavy atom. The maximum absolute atomic E-state index is 12.0. The van der Waals surface area contributed by atoms with Crippen molar-refractivity contribution in [2.45, 2.75) is 32.4 Å². The number of morpholine rings is 1. The maximum atomic E-state index is 12.0. The van der Waals surface area contributed by atoms with Gasteiger partial charge in [0.2, 0.25) is 5.91 Å². The van der Waals surface area contributed by atoms with Crippen LogP contribution in [0.25, 0.3) is 0 Å². The number of ether oxygens (including phenoxy) is 1. The third-order valence-electron chi connectivity index (χ3n) is 5.80. The number of aliphatic imine (C=N–C) groups is 1. The average molecular weight is 575 g/mol. The molecule has 33 heavy (non-hydrogen) atoms. The van der Waals surface area contributed by atoms with Crippen molar-refractivity contribution in [3.05, 3.63) is 35.9 Å². The summed E-state index contributed by atoms with van der Waals surface area (Å²) < 4.78 is 5.41. The van der Waals surface area contributed by atoms with Crippen LogP contribution in [0, 0.1) is 0 Å². The van der Waals surface area contributed by atoms with Crippen molar-refractivity contribution >= 4 is 35.8 Å². The molecule has 9 heteroatoms. The molecule has 1 atom stereocenters. The van der Waals surface area contributed by atoms with Crippen LogP contribution in [0.4, 0.5) is 0 Å². The van der Waals surface area contributed by atoms with Crippen LogP contribution in [0.3, 0.4) is 0 Å². The normalized spacial score (nSPS) is 15.6. The zero-order valence-electron chi connectivity index (χ0n) is 20.8. The fourth-order valence-corrected chi connectivity index (χ4v) is 3.44. The van der Waals surface area contributed by atoms with E-state index in [9.17, 15) is 4.79 Å². The van der Waals surface area contributed by atoms with Crippen LogP contribution in [-0.4, -0.2) is 106 Å². The molecule has 1 aliphatic rings. The van der Waals surface area contributed by atoms with Gasteiger partial charge >= 0.3 is 0 Å². The molecule has 1 aromatic carbocycles. The van der Waals surface area contributed by atoms with E-state index in [2.05, 4.69) is 63.7 Å². The van der Waals surface area contributed by atoms with Gasteiger partial charge in [0.25, 0.3) is 0 Å². The van der Waals surface area contributed by atoms with Gasteiger partial charge in [-0.25, -0.2) is 4.99 Å². The number of nitrogens with zero attached hydrogens (tertiary/aromatic N) is 4. The highest BCUT2D eigenvalue weighted by Crippen LogP contribution is 2.07. The second kappa shape index (κ2) is 17.1. The Morgan fingerprint density at radius 2 is 1.79 bits per heavy atom. The third-order valence-corrected chi connectivity index (χ3v) is 5.80. The zero-order valence-corrected chi connectivity index (χ0v) is 23.1. The first kappa shape index (κ1) is 29.6. The lowest BCUT2D eigenvalue weighted by Crippen LogP contribution is -2.42. The van der Waals surface area contributed by atoms with Crippen molar-refractivity contribution < 1.29 is 9.53 Å². The molecule has 0 radical (unpaired) electrons. The predicted molar refractivity (Wildman–Crippen MR) is 146 cm³/mol. The average Bonchev–Trinajstić information content (AvgIpc) is 2.80. The first-order valence-electron chi connectivity index (χ1n) is 11.7. The van der Waals surface area contributed by atoms with Gasteiger partial charge in [-0.15, -0.1) is 24.0 Å². The van der Waals surface area contributed by atoms with Crippen LogP contribution in [-0.2, 0) is 16.1 Å². The molecule has 1 heterocycles. The molecule has 1 saturated heterocycles. The highest BCUT2D eigenvalue weighted by molar-refractivity contribution is 14.0. The van der Waals surface area contributed by atoms with E-state index in [4.69, 9.17) is 4.74 Å². The molecule has 1 unspecified atom stereocenters. The summed E-state index contributed by atoms with van der Waals surface area (Å²) >= 11 is 0. The van der Waals surface area contributed by atoms with Crippen molar-refractivity contribution in [1.29, 1.82) is 0 Å². The van der Waals surface area contributed by atoms with Crippen LogP contribution < -0.4 is 10.6 Å². The number of hydrogen-bond acceptors (Lipinski definition) is 5. The number of halogens is 1. The molecule has 0 saturated carbocycles. The van der Waals surface area contributed by atoms with Crippen molar-refractivity contribution in [1.82, 2.24) is 25.3 Å². The second-order valence-corrected chi connectivity index (χ2v) is 8.65. The Labute approximate surface area is 217 Å². The monoisotopic (exact) mass is 574 g/mol. The van der Waals surface area contributed by atoms with Crippen LogP contribution in [0.2, 0.25) is 0 Å². The number of carbonyl (C=O) groups is 1. The maximum Gasteiger partial charge on any atom is 0.243 e. The lowest BCUT2D eigenvalue weighted by atomic mass is 10.1. The van der Waals surface area contributed by atoms with Crippen LogP contribution in [0.15, 0.2) is 35.3 Å². The van der Waals surface area contributed by atoms with E-state index in [0.29, 0.717) is 12.0 Å². The van der Waals surface area contributed by atoms with Gasteiger partial charge < -0.3 is 20.3 Å². The third kappa shape index (κ3) is 12.6. The molecule has 2 N–H and O–H groups in total. The SMILES string of the molecule is CC(CCNC(=NCC(=O)N(C)C)NCCCN1CCOCC1)N(C)Cc1ccccc1.I. The number of hydrogen-bond donors (Lipinski definition) is 2. The fourth-order valence-electron chi connectivity index (χ4n) is 3.44. The van der Waals surface area contributed by atoms with E-state index in [1.807, 2.05) is 6.07 Å². The summed E-state index contributed by atoms with van der Waals surface area (Å²) in [5, 5.41) is 6.80. The quantitative estimate of drug-likeness (QED) is 0.172. The number of nitrogens with one attached hydrogen (secondary N) is 2. The molecule has 1 amide bonds. The molecule has 0 bridgehead atoms. The number of amides is 1. The molecular formula is C24H43IN6O2. The van der Waals surface area contributed by atoms with Gasteiger partial charge in [-0.2, -0.15) is 0 Å². The van der Waals surface area contributed by atoms with Crippen molar-refractivity contribution in [3.63, 3.8) is 0 Å². The van der Waals surface area contributed by atoms with E-state index >= 15 is 0 Å². The zero-order chi connectivity index (χ0) is 23.2. The number of carbonyl (C=O) groups excluding carboxylic acids is 1. The highest BCUT2D eigenvalue weighted by atomic mass is 127. The summed E-state index contributed by atoms with van der Waals surface area (Å²) in [7, 11) is 5.67. The molecule has 1 fully saturated rings. The number of rotatable bonds is 12. The van der Waals surface area contributed by atoms with E-state index in [1.54, 1.807) is 19.0 Å². The minimum Gasteiger partial charge on any atom is -0.379 e. The van der Waals surface area contributed by atoms with Crippen LogP contribution in [0.5, 0.6) is 0 Å². The van der Waals surface area contributed by atoms with Gasteiger partial charge in [0.1, 0.15) is 6.54 Å². The van der Waals surface area contributed by atoms with Gasteiger partial charge in [0.05, 0.1) is 13.2 Å². The largest absolute Gasteiger partial charge is 0.379 e. The van der Waals surface area contributed by atoms with Crippen molar-refractivity contribution in [2.24, 2.45) is 4.99 Å². The first-order chi connectivity index (χ1) is 15.5. The molecule has 0 aromatic heterocycles. The highest BCUT2D eigenvalue weighted by Gasteiger charge is 2.12. The molecule has 0 aliphatic carbocycles. The Hall–Kier alpha value is -1.43. The number of benzene rings is 1. The predicted octanol–water partition coefficient (Wildman–Crippen LogP) is 1.86. The second-order valence-electron chi connectivity index (χ2n) is 8.65. The molecule has 1 aromatic rings. The van der Waals surface area contributed by atoms with Crippen LogP contribution in [0.1, 0.15) is 25.3 Å². The summed E-state index contributed by atoms with van der Waals surface area (Å²) in [6.45, 7) is 9.64. The van der Waals surface area contributed by atoms with E-state index < -0.39 is 0 Å². The van der Waals surface area contributed by atoms with Crippen molar-refractivity contribution in [2.75, 3.05) is 73.6 Å². The Bertz CT molecular complexity index is 683. The van der Waals surface area contributed by atoms with Gasteiger partial charge in [0.15, 0.2) is 5.96 Å². The van der Waals surface area contributed by atoms with E-state index in [1.165, 1.54) is 5.56 Å². The summed E-state index contributed by atoms with van der Waals surface area (Å²) in [6, 6.07) is 11.0. The molecule has 188 valence electrons. The molecule has 1 aliphatic heterocycles. The summed E-state index contributed by atoms with van der Waals surface area (Å²) in [5.74, 6) is 0.704. The standard InChI is InChI=1S/C24H42N6O2.HI/c1-21(29(4)20-22-9-6-5-7-10-22)11-13-26-24(27-19-23(31)28(2)3)25-12-8-14-30-15-17-32-18-16-30;/h5-7,9-10,21H,8,11-20H2,1-4H3,(H2,25,26,27);1H. The molecule has 0 spiro atoms. The minimum atomic E-state index is -0.00428. The summed E-state index contributed by atoms with van der Waals surface area (Å²) in [5.41, 5.74) is 1.32. The van der Waals surface area contributed by atoms with E-state index in [-0.39, 0.29) is 36.4 Å². The fraction of sp³-hybridized carbons (Fsp3) is 0.667. The Morgan fingerprint density at radius 1 is 1.12 bits per heavy atom. The van der Waals surface area contributed by atoms with Crippen LogP contribution >= 0.6 is 24.0 Å².